The second-order valence-electron chi connectivity index (χ2n) is 9.58. The topological polar surface area (TPSA) is 130 Å². The highest BCUT2D eigenvalue weighted by atomic mass is 35.5. The molecule has 0 bridgehead atoms. The third kappa shape index (κ3) is 4.82. The van der Waals surface area contributed by atoms with E-state index in [0.717, 1.165) is 37.7 Å². The molecular weight excluding hydrogens is 512 g/mol. The maximum atomic E-state index is 13.4. The number of nitrogens with two attached hydrogens (primary N) is 2. The van der Waals surface area contributed by atoms with E-state index in [1.54, 1.807) is 40.8 Å². The van der Waals surface area contributed by atoms with Gasteiger partial charge in [0.2, 0.25) is 5.95 Å². The van der Waals surface area contributed by atoms with Gasteiger partial charge in [-0.2, -0.15) is 10.1 Å². The van der Waals surface area contributed by atoms with Gasteiger partial charge in [-0.1, -0.05) is 23.4 Å². The highest BCUT2D eigenvalue weighted by Crippen LogP contribution is 2.42. The van der Waals surface area contributed by atoms with E-state index < -0.39 is 0 Å². The average molecular weight is 541 g/mol. The van der Waals surface area contributed by atoms with Gasteiger partial charge in [-0.05, 0) is 43.7 Å². The molecule has 2 saturated heterocycles. The molecule has 0 unspecified atom stereocenters. The van der Waals surface area contributed by atoms with Gasteiger partial charge in [-0.15, -0.1) is 0 Å². The van der Waals surface area contributed by atoms with Crippen LogP contribution in [-0.4, -0.2) is 56.2 Å². The zero-order chi connectivity index (χ0) is 26.3. The summed E-state index contributed by atoms with van der Waals surface area (Å²) in [5.41, 5.74) is 13.5. The lowest BCUT2D eigenvalue weighted by molar-refractivity contribution is 0.0973. The number of aromatic nitrogens is 5. The predicted octanol–water partition coefficient (Wildman–Crippen LogP) is 2.03. The van der Waals surface area contributed by atoms with Gasteiger partial charge < -0.3 is 21.1 Å². The van der Waals surface area contributed by atoms with E-state index in [1.165, 1.54) is 0 Å². The Bertz CT molecular complexity index is 1450. The third-order valence-corrected chi connectivity index (χ3v) is 8.87. The molecule has 5 rings (SSSR count). The van der Waals surface area contributed by atoms with E-state index in [4.69, 9.17) is 27.8 Å². The van der Waals surface area contributed by atoms with Gasteiger partial charge in [0.25, 0.3) is 5.56 Å². The Hall–Kier alpha value is -3.04. The Morgan fingerprint density at radius 2 is 2.00 bits per heavy atom. The average Bonchev–Trinajstić information content (AvgIpc) is 3.43. The molecule has 4 N–H and O–H groups in total. The first-order valence-electron chi connectivity index (χ1n) is 12.0. The van der Waals surface area contributed by atoms with Crippen LogP contribution >= 0.6 is 23.4 Å². The zero-order valence-corrected chi connectivity index (χ0v) is 22.5. The number of hydrogen-bond donors (Lipinski definition) is 2. The van der Waals surface area contributed by atoms with Crippen molar-refractivity contribution in [1.82, 2.24) is 24.3 Å². The molecule has 2 aliphatic heterocycles. The van der Waals surface area contributed by atoms with Crippen molar-refractivity contribution in [3.63, 3.8) is 0 Å². The minimum atomic E-state index is -0.240. The smallest absolute Gasteiger partial charge is 0.270 e. The number of anilines is 2. The van der Waals surface area contributed by atoms with Gasteiger partial charge in [0.1, 0.15) is 22.1 Å². The Kier molecular flexibility index (Phi) is 6.93. The lowest BCUT2D eigenvalue weighted by Crippen LogP contribution is -2.51. The summed E-state index contributed by atoms with van der Waals surface area (Å²) in [6.07, 6.45) is 5.21. The molecule has 12 heteroatoms. The Morgan fingerprint density at radius 1 is 1.24 bits per heavy atom. The molecule has 0 amide bonds. The standard InChI is InChI=1S/C25H29ClN8O2S/c1-15-21(27)25(14-36-15)8-12-34(13-9-25)24-30-22(28)20(23(35)33(24)3)37-18-6-10-29-17(19(18)26)5-4-16-7-11-32(2)31-16/h6-7,10-11,15,21H,8-9,12-14,27-28H2,1-3H3/t15-,21+/m0/s1. The van der Waals surface area contributed by atoms with Crippen LogP contribution in [-0.2, 0) is 18.8 Å². The quantitative estimate of drug-likeness (QED) is 0.479. The van der Waals surface area contributed by atoms with Crippen molar-refractivity contribution in [3.05, 3.63) is 51.3 Å². The van der Waals surface area contributed by atoms with E-state index in [2.05, 4.69) is 31.8 Å². The fourth-order valence-electron chi connectivity index (χ4n) is 4.90. The maximum Gasteiger partial charge on any atom is 0.270 e. The van der Waals surface area contributed by atoms with Crippen LogP contribution in [0.15, 0.2) is 39.1 Å². The number of pyridine rings is 1. The van der Waals surface area contributed by atoms with Gasteiger partial charge in [0.15, 0.2) is 0 Å². The number of nitrogens with zero attached hydrogens (tertiary/aromatic N) is 6. The molecule has 1 spiro atoms. The maximum absolute atomic E-state index is 13.4. The van der Waals surface area contributed by atoms with Crippen LogP contribution in [0.3, 0.4) is 0 Å². The third-order valence-electron chi connectivity index (χ3n) is 7.23. The lowest BCUT2D eigenvalue weighted by atomic mass is 9.73. The van der Waals surface area contributed by atoms with Crippen LogP contribution in [0.2, 0.25) is 5.02 Å². The Morgan fingerprint density at radius 3 is 2.65 bits per heavy atom. The SMILES string of the molecule is C[C@@H]1OCC2(CCN(c3nc(N)c(Sc4ccnc(C#Cc5ccn(C)n5)c4Cl)c(=O)n3C)CC2)[C@@H]1N. The van der Waals surface area contributed by atoms with Crippen molar-refractivity contribution in [1.29, 1.82) is 0 Å². The van der Waals surface area contributed by atoms with Crippen molar-refractivity contribution in [3.8, 4) is 11.8 Å². The molecule has 194 valence electrons. The van der Waals surface area contributed by atoms with Crippen molar-refractivity contribution in [2.75, 3.05) is 30.3 Å². The van der Waals surface area contributed by atoms with Gasteiger partial charge >= 0.3 is 0 Å². The van der Waals surface area contributed by atoms with Crippen molar-refractivity contribution >= 4 is 35.1 Å². The summed E-state index contributed by atoms with van der Waals surface area (Å²) >= 11 is 7.76. The van der Waals surface area contributed by atoms with E-state index in [1.807, 2.05) is 14.0 Å². The van der Waals surface area contributed by atoms with E-state index in [9.17, 15) is 4.79 Å². The molecule has 2 atom stereocenters. The molecule has 0 saturated carbocycles. The van der Waals surface area contributed by atoms with Gasteiger partial charge in [0, 0.05) is 55.9 Å². The van der Waals surface area contributed by atoms with Crippen molar-refractivity contribution in [2.24, 2.45) is 25.2 Å². The lowest BCUT2D eigenvalue weighted by Gasteiger charge is -2.41. The second-order valence-corrected chi connectivity index (χ2v) is 11.0. The number of piperidine rings is 1. The number of rotatable bonds is 3. The summed E-state index contributed by atoms with van der Waals surface area (Å²) in [6.45, 7) is 4.16. The summed E-state index contributed by atoms with van der Waals surface area (Å²) in [4.78, 5) is 25.3. The first-order chi connectivity index (χ1) is 17.7. The van der Waals surface area contributed by atoms with Gasteiger partial charge in [-0.25, -0.2) is 4.98 Å². The minimum absolute atomic E-state index is 0.0129. The second kappa shape index (κ2) is 10.0. The van der Waals surface area contributed by atoms with Crippen LogP contribution in [0.4, 0.5) is 11.8 Å². The zero-order valence-electron chi connectivity index (χ0n) is 20.9. The van der Waals surface area contributed by atoms with E-state index in [-0.39, 0.29) is 28.9 Å². The summed E-state index contributed by atoms with van der Waals surface area (Å²) in [7, 11) is 3.53. The number of hydrogen-bond acceptors (Lipinski definition) is 9. The minimum Gasteiger partial charge on any atom is -0.382 e. The van der Waals surface area contributed by atoms with Crippen molar-refractivity contribution in [2.45, 2.75) is 41.7 Å². The van der Waals surface area contributed by atoms with Gasteiger partial charge in [-0.3, -0.25) is 14.0 Å². The van der Waals surface area contributed by atoms with E-state index in [0.29, 0.717) is 38.8 Å². The molecule has 0 aromatic carbocycles. The summed E-state index contributed by atoms with van der Waals surface area (Å²) < 4.78 is 9.04. The fraction of sp³-hybridized carbons (Fsp3) is 0.440. The predicted molar refractivity (Wildman–Crippen MR) is 144 cm³/mol. The first kappa shape index (κ1) is 25.6. The molecule has 3 aromatic rings. The highest BCUT2D eigenvalue weighted by Gasteiger charge is 2.47. The molecule has 3 aromatic heterocycles. The molecular formula is C25H29ClN8O2S. The van der Waals surface area contributed by atoms with Crippen LogP contribution in [0.25, 0.3) is 0 Å². The van der Waals surface area contributed by atoms with Crippen LogP contribution in [0.5, 0.6) is 0 Å². The van der Waals surface area contributed by atoms with E-state index >= 15 is 0 Å². The molecule has 37 heavy (non-hydrogen) atoms. The molecule has 0 radical (unpaired) electrons. The number of aryl methyl sites for hydroxylation is 1. The molecule has 5 heterocycles. The molecule has 0 aliphatic carbocycles. The molecule has 10 nitrogen and oxygen atoms in total. The van der Waals surface area contributed by atoms with Crippen molar-refractivity contribution < 1.29 is 4.74 Å². The normalized spacial score (nSPS) is 20.7. The fourth-order valence-corrected chi connectivity index (χ4v) is 6.08. The highest BCUT2D eigenvalue weighted by molar-refractivity contribution is 7.99. The van der Waals surface area contributed by atoms with Gasteiger partial charge in [0.05, 0.1) is 17.7 Å². The largest absolute Gasteiger partial charge is 0.382 e. The molecule has 2 fully saturated rings. The van der Waals surface area contributed by atoms with Crippen LogP contribution < -0.4 is 21.9 Å². The summed E-state index contributed by atoms with van der Waals surface area (Å²) in [5.74, 6) is 6.61. The first-order valence-corrected chi connectivity index (χ1v) is 13.2. The molecule has 2 aliphatic rings. The Labute approximate surface area is 224 Å². The summed E-state index contributed by atoms with van der Waals surface area (Å²) in [5, 5.41) is 4.57. The number of halogens is 1. The summed E-state index contributed by atoms with van der Waals surface area (Å²) in [6, 6.07) is 3.54. The Balaban J connectivity index is 1.37. The van der Waals surface area contributed by atoms with Crippen LogP contribution in [0.1, 0.15) is 31.2 Å². The van der Waals surface area contributed by atoms with Crippen LogP contribution in [0, 0.1) is 17.3 Å². The monoisotopic (exact) mass is 540 g/mol. The number of ether oxygens (including phenoxy) is 1. The number of nitrogen functional groups attached to an aromatic ring is 1.